The van der Waals surface area contributed by atoms with E-state index >= 15 is 0 Å². The van der Waals surface area contributed by atoms with Crippen molar-refractivity contribution in [3.8, 4) is 0 Å². The lowest BCUT2D eigenvalue weighted by Gasteiger charge is -2.28. The number of nitrogens with one attached hydrogen (secondary N) is 1. The van der Waals surface area contributed by atoms with Gasteiger partial charge in [-0.3, -0.25) is 0 Å². The van der Waals surface area contributed by atoms with E-state index in [0.717, 1.165) is 0 Å². The third-order valence-corrected chi connectivity index (χ3v) is 3.19. The maximum absolute atomic E-state index is 10.2. The van der Waals surface area contributed by atoms with E-state index in [-0.39, 0.29) is 18.0 Å². The molecule has 16 heavy (non-hydrogen) atoms. The third kappa shape index (κ3) is 2.84. The van der Waals surface area contributed by atoms with Crippen LogP contribution in [0.4, 0.5) is 0 Å². The van der Waals surface area contributed by atoms with Crippen molar-refractivity contribution in [3.05, 3.63) is 0 Å². The standard InChI is InChI=1S/C10H21N3O3/c1-3-8(9(11)13-15)12-6-10(14)4-5-16-7(10)2/h7-8,12,14-15H,3-6H2,1-2H3,(H2,11,13). The van der Waals surface area contributed by atoms with Crippen molar-refractivity contribution < 1.29 is 15.1 Å². The number of nitrogens with two attached hydrogens (primary N) is 1. The maximum Gasteiger partial charge on any atom is 0.156 e. The molecule has 94 valence electrons. The first-order chi connectivity index (χ1) is 7.53. The van der Waals surface area contributed by atoms with Crippen LogP contribution in [0.3, 0.4) is 0 Å². The number of hydrogen-bond acceptors (Lipinski definition) is 5. The molecule has 1 aliphatic rings. The first kappa shape index (κ1) is 13.2. The molecule has 1 fully saturated rings. The van der Waals surface area contributed by atoms with E-state index in [4.69, 9.17) is 15.7 Å². The van der Waals surface area contributed by atoms with Crippen molar-refractivity contribution >= 4 is 5.84 Å². The van der Waals surface area contributed by atoms with Gasteiger partial charge in [-0.2, -0.15) is 0 Å². The summed E-state index contributed by atoms with van der Waals surface area (Å²) in [5, 5.41) is 24.9. The van der Waals surface area contributed by atoms with Crippen molar-refractivity contribution in [1.29, 1.82) is 0 Å². The van der Waals surface area contributed by atoms with Gasteiger partial charge in [0, 0.05) is 19.6 Å². The zero-order valence-corrected chi connectivity index (χ0v) is 9.81. The van der Waals surface area contributed by atoms with Crippen LogP contribution in [-0.2, 0) is 4.74 Å². The normalized spacial score (nSPS) is 32.9. The van der Waals surface area contributed by atoms with Crippen LogP contribution in [-0.4, -0.2) is 47.0 Å². The number of ether oxygens (including phenoxy) is 1. The molecule has 0 aliphatic carbocycles. The van der Waals surface area contributed by atoms with Gasteiger partial charge in [-0.25, -0.2) is 0 Å². The number of hydrogen-bond donors (Lipinski definition) is 4. The summed E-state index contributed by atoms with van der Waals surface area (Å²) in [5.41, 5.74) is 4.66. The topological polar surface area (TPSA) is 100 Å². The second-order valence-electron chi connectivity index (χ2n) is 4.23. The number of nitrogens with zero attached hydrogens (tertiary/aromatic N) is 1. The fourth-order valence-electron chi connectivity index (χ4n) is 1.83. The van der Waals surface area contributed by atoms with Gasteiger partial charge in [0.1, 0.15) is 5.60 Å². The van der Waals surface area contributed by atoms with Gasteiger partial charge in [0.2, 0.25) is 0 Å². The summed E-state index contributed by atoms with van der Waals surface area (Å²) in [6.45, 7) is 4.72. The Morgan fingerprint density at radius 3 is 2.88 bits per heavy atom. The molecule has 0 bridgehead atoms. The smallest absolute Gasteiger partial charge is 0.156 e. The van der Waals surface area contributed by atoms with E-state index < -0.39 is 5.60 Å². The average molecular weight is 231 g/mol. The van der Waals surface area contributed by atoms with Crippen LogP contribution in [0.5, 0.6) is 0 Å². The molecular weight excluding hydrogens is 210 g/mol. The molecule has 0 aromatic heterocycles. The Bertz CT molecular complexity index is 260. The van der Waals surface area contributed by atoms with Crippen molar-refractivity contribution in [1.82, 2.24) is 5.32 Å². The van der Waals surface area contributed by atoms with E-state index in [1.807, 2.05) is 13.8 Å². The SMILES string of the molecule is CCC(NCC1(O)CCOC1C)C(N)=NO. The summed E-state index contributed by atoms with van der Waals surface area (Å²) < 4.78 is 5.32. The summed E-state index contributed by atoms with van der Waals surface area (Å²) in [6.07, 6.45) is 1.11. The van der Waals surface area contributed by atoms with Gasteiger partial charge >= 0.3 is 0 Å². The van der Waals surface area contributed by atoms with Crippen LogP contribution in [0.15, 0.2) is 5.16 Å². The average Bonchev–Trinajstić information content (AvgIpc) is 2.60. The Hall–Kier alpha value is -0.850. The minimum Gasteiger partial charge on any atom is -0.409 e. The quantitative estimate of drug-likeness (QED) is 0.224. The summed E-state index contributed by atoms with van der Waals surface area (Å²) in [7, 11) is 0. The first-order valence-electron chi connectivity index (χ1n) is 5.58. The van der Waals surface area contributed by atoms with Crippen molar-refractivity contribution in [2.45, 2.75) is 44.4 Å². The molecule has 6 heteroatoms. The van der Waals surface area contributed by atoms with Gasteiger partial charge in [0.25, 0.3) is 0 Å². The molecule has 1 heterocycles. The van der Waals surface area contributed by atoms with Gasteiger partial charge in [-0.1, -0.05) is 12.1 Å². The molecule has 0 amide bonds. The Labute approximate surface area is 95.5 Å². The van der Waals surface area contributed by atoms with Crippen LogP contribution >= 0.6 is 0 Å². The molecule has 3 unspecified atom stereocenters. The van der Waals surface area contributed by atoms with Crippen LogP contribution in [0, 0.1) is 0 Å². The number of oxime groups is 1. The van der Waals surface area contributed by atoms with E-state index in [0.29, 0.717) is 26.0 Å². The summed E-state index contributed by atoms with van der Waals surface area (Å²) in [5.74, 6) is 0.137. The molecule has 0 radical (unpaired) electrons. The lowest BCUT2D eigenvalue weighted by molar-refractivity contribution is -0.0267. The predicted octanol–water partition coefficient (Wildman–Crippen LogP) is -0.359. The van der Waals surface area contributed by atoms with Crippen LogP contribution in [0.2, 0.25) is 0 Å². The Balaban J connectivity index is 2.49. The van der Waals surface area contributed by atoms with Crippen LogP contribution in [0.1, 0.15) is 26.7 Å². The Morgan fingerprint density at radius 1 is 1.75 bits per heavy atom. The molecular formula is C10H21N3O3. The summed E-state index contributed by atoms with van der Waals surface area (Å²) >= 11 is 0. The largest absolute Gasteiger partial charge is 0.409 e. The second kappa shape index (κ2) is 5.47. The molecule has 1 aliphatic heterocycles. The van der Waals surface area contributed by atoms with Crippen molar-refractivity contribution in [2.24, 2.45) is 10.9 Å². The summed E-state index contributed by atoms with van der Waals surface area (Å²) in [6, 6.07) is -0.221. The minimum atomic E-state index is -0.858. The molecule has 1 saturated heterocycles. The number of aliphatic hydroxyl groups is 1. The molecule has 6 nitrogen and oxygen atoms in total. The van der Waals surface area contributed by atoms with Crippen molar-refractivity contribution in [2.75, 3.05) is 13.2 Å². The van der Waals surface area contributed by atoms with Gasteiger partial charge in [0.05, 0.1) is 12.1 Å². The molecule has 3 atom stereocenters. The fraction of sp³-hybridized carbons (Fsp3) is 0.900. The fourth-order valence-corrected chi connectivity index (χ4v) is 1.83. The zero-order chi connectivity index (χ0) is 12.2. The highest BCUT2D eigenvalue weighted by molar-refractivity contribution is 5.85. The van der Waals surface area contributed by atoms with Gasteiger partial charge in [0.15, 0.2) is 5.84 Å². The van der Waals surface area contributed by atoms with E-state index in [2.05, 4.69) is 10.5 Å². The molecule has 0 spiro atoms. The lowest BCUT2D eigenvalue weighted by atomic mass is 9.96. The van der Waals surface area contributed by atoms with Crippen molar-refractivity contribution in [3.63, 3.8) is 0 Å². The molecule has 5 N–H and O–H groups in total. The van der Waals surface area contributed by atoms with E-state index in [1.165, 1.54) is 0 Å². The predicted molar refractivity (Wildman–Crippen MR) is 60.5 cm³/mol. The lowest BCUT2D eigenvalue weighted by Crippen LogP contribution is -2.51. The molecule has 0 aromatic rings. The highest BCUT2D eigenvalue weighted by Crippen LogP contribution is 2.24. The van der Waals surface area contributed by atoms with Crippen LogP contribution in [0.25, 0.3) is 0 Å². The van der Waals surface area contributed by atoms with E-state index in [1.54, 1.807) is 0 Å². The molecule has 1 rings (SSSR count). The van der Waals surface area contributed by atoms with Crippen LogP contribution < -0.4 is 11.1 Å². The zero-order valence-electron chi connectivity index (χ0n) is 9.81. The van der Waals surface area contributed by atoms with Gasteiger partial charge in [-0.05, 0) is 13.3 Å². The number of rotatable bonds is 5. The van der Waals surface area contributed by atoms with Gasteiger partial charge in [-0.15, -0.1) is 0 Å². The summed E-state index contributed by atoms with van der Waals surface area (Å²) in [4.78, 5) is 0. The monoisotopic (exact) mass is 231 g/mol. The third-order valence-electron chi connectivity index (χ3n) is 3.19. The Morgan fingerprint density at radius 2 is 2.44 bits per heavy atom. The Kier molecular flexibility index (Phi) is 4.52. The molecule has 0 saturated carbocycles. The maximum atomic E-state index is 10.2. The number of amidine groups is 1. The second-order valence-corrected chi connectivity index (χ2v) is 4.23. The highest BCUT2D eigenvalue weighted by atomic mass is 16.5. The molecule has 0 aromatic carbocycles. The minimum absolute atomic E-state index is 0.137. The van der Waals surface area contributed by atoms with E-state index in [9.17, 15) is 5.11 Å². The van der Waals surface area contributed by atoms with Gasteiger partial charge < -0.3 is 26.1 Å². The first-order valence-corrected chi connectivity index (χ1v) is 5.58. The highest BCUT2D eigenvalue weighted by Gasteiger charge is 2.39.